The van der Waals surface area contributed by atoms with Crippen LogP contribution in [0.4, 0.5) is 4.79 Å². The number of hydrogen-bond donors (Lipinski definition) is 1. The van der Waals surface area contributed by atoms with Gasteiger partial charge in [-0.25, -0.2) is 4.79 Å². The van der Waals surface area contributed by atoms with Crippen molar-refractivity contribution in [2.75, 3.05) is 65.4 Å². The number of rotatable bonds is 5. The molecule has 148 valence electrons. The van der Waals surface area contributed by atoms with Crippen LogP contribution in [0.3, 0.4) is 0 Å². The van der Waals surface area contributed by atoms with Crippen molar-refractivity contribution in [1.82, 2.24) is 19.6 Å². The molecule has 0 unspecified atom stereocenters. The molecule has 1 spiro atoms. The Kier molecular flexibility index (Phi) is 6.04. The molecule has 0 radical (unpaired) electrons. The predicted molar refractivity (Wildman–Crippen MR) is 96.8 cm³/mol. The van der Waals surface area contributed by atoms with Gasteiger partial charge in [0.25, 0.3) is 5.91 Å². The van der Waals surface area contributed by atoms with Crippen LogP contribution in [-0.4, -0.2) is 114 Å². The van der Waals surface area contributed by atoms with Crippen LogP contribution in [0.2, 0.25) is 0 Å². The van der Waals surface area contributed by atoms with Crippen LogP contribution in [0.25, 0.3) is 0 Å². The largest absolute Gasteiger partial charge is 0.441 e. The summed E-state index contributed by atoms with van der Waals surface area (Å²) in [5.74, 6) is -0.243. The second-order valence-electron chi connectivity index (χ2n) is 7.75. The van der Waals surface area contributed by atoms with Crippen molar-refractivity contribution in [2.24, 2.45) is 0 Å². The van der Waals surface area contributed by atoms with E-state index in [0.29, 0.717) is 39.0 Å². The molecule has 3 saturated heterocycles. The number of carbonyl (C=O) groups is 2. The molecule has 3 fully saturated rings. The van der Waals surface area contributed by atoms with Gasteiger partial charge in [0, 0.05) is 65.2 Å². The van der Waals surface area contributed by atoms with Crippen molar-refractivity contribution in [3.63, 3.8) is 0 Å². The lowest BCUT2D eigenvalue weighted by molar-refractivity contribution is -0.142. The highest BCUT2D eigenvalue weighted by atomic mass is 16.6. The van der Waals surface area contributed by atoms with E-state index in [2.05, 4.69) is 16.7 Å². The van der Waals surface area contributed by atoms with E-state index < -0.39 is 11.7 Å². The first kappa shape index (κ1) is 19.4. The maximum absolute atomic E-state index is 12.3. The Bertz CT molecular complexity index is 511. The van der Waals surface area contributed by atoms with Gasteiger partial charge in [-0.3, -0.25) is 9.69 Å². The summed E-state index contributed by atoms with van der Waals surface area (Å²) in [5, 5.41) is 9.45. The first-order valence-corrected chi connectivity index (χ1v) is 9.82. The van der Waals surface area contributed by atoms with E-state index in [1.807, 2.05) is 4.90 Å². The average molecular weight is 368 g/mol. The number of likely N-dealkylation sites (tertiary alicyclic amines) is 1. The van der Waals surface area contributed by atoms with E-state index >= 15 is 0 Å². The van der Waals surface area contributed by atoms with Crippen molar-refractivity contribution in [3.05, 3.63) is 0 Å². The van der Waals surface area contributed by atoms with Gasteiger partial charge in [-0.2, -0.15) is 0 Å². The molecule has 1 atom stereocenters. The van der Waals surface area contributed by atoms with Crippen molar-refractivity contribution in [1.29, 1.82) is 0 Å². The third-order valence-corrected chi connectivity index (χ3v) is 5.98. The molecule has 1 N–H and O–H groups in total. The number of carbonyl (C=O) groups excluding carboxylic acids is 2. The van der Waals surface area contributed by atoms with Crippen LogP contribution in [-0.2, 0) is 9.53 Å². The fourth-order valence-electron chi connectivity index (χ4n) is 4.12. The second kappa shape index (κ2) is 8.10. The van der Waals surface area contributed by atoms with Gasteiger partial charge in [0.1, 0.15) is 11.7 Å². The molecule has 8 heteroatoms. The third kappa shape index (κ3) is 4.29. The number of ether oxygens (including phenoxy) is 1. The van der Waals surface area contributed by atoms with Gasteiger partial charge in [-0.1, -0.05) is 6.92 Å². The van der Waals surface area contributed by atoms with E-state index in [9.17, 15) is 14.7 Å². The van der Waals surface area contributed by atoms with Crippen molar-refractivity contribution < 1.29 is 19.4 Å². The molecule has 3 aliphatic rings. The van der Waals surface area contributed by atoms with E-state index in [4.69, 9.17) is 4.74 Å². The van der Waals surface area contributed by atoms with Crippen LogP contribution in [0.1, 0.15) is 26.7 Å². The zero-order valence-corrected chi connectivity index (χ0v) is 16.0. The quantitative estimate of drug-likeness (QED) is 0.725. The summed E-state index contributed by atoms with van der Waals surface area (Å²) in [6, 6.07) is 0. The average Bonchev–Trinajstić information content (AvgIpc) is 2.95. The number of piperazine rings is 1. The molecule has 26 heavy (non-hydrogen) atoms. The minimum atomic E-state index is -0.972. The Labute approximate surface area is 155 Å². The summed E-state index contributed by atoms with van der Waals surface area (Å²) in [7, 11) is 0. The van der Waals surface area contributed by atoms with Crippen molar-refractivity contribution in [2.45, 2.75) is 38.4 Å². The first-order chi connectivity index (χ1) is 12.4. The van der Waals surface area contributed by atoms with Gasteiger partial charge in [0.15, 0.2) is 0 Å². The Balaban J connectivity index is 1.45. The van der Waals surface area contributed by atoms with E-state index in [-0.39, 0.29) is 12.0 Å². The molecule has 3 rings (SSSR count). The zero-order valence-electron chi connectivity index (χ0n) is 16.0. The van der Waals surface area contributed by atoms with E-state index in [0.717, 1.165) is 39.3 Å². The molecule has 0 aliphatic carbocycles. The Morgan fingerprint density at radius 1 is 1.12 bits per heavy atom. The van der Waals surface area contributed by atoms with Gasteiger partial charge in [0.2, 0.25) is 0 Å². The number of hydrogen-bond acceptors (Lipinski definition) is 6. The Hall–Kier alpha value is -1.38. The van der Waals surface area contributed by atoms with E-state index in [1.54, 1.807) is 4.90 Å². The van der Waals surface area contributed by atoms with Gasteiger partial charge in [0.05, 0.1) is 6.54 Å². The summed E-state index contributed by atoms with van der Waals surface area (Å²) >= 11 is 0. The monoisotopic (exact) mass is 368 g/mol. The number of nitrogens with zero attached hydrogens (tertiary/aromatic N) is 4. The molecule has 0 aromatic rings. The number of aliphatic hydroxyl groups excluding tert-OH is 1. The summed E-state index contributed by atoms with van der Waals surface area (Å²) in [6.07, 6.45) is 0.0820. The topological polar surface area (TPSA) is 76.6 Å². The Morgan fingerprint density at radius 2 is 1.73 bits per heavy atom. The molecular formula is C18H32N4O4. The number of likely N-dealkylation sites (N-methyl/N-ethyl adjacent to an activating group) is 1. The molecule has 0 bridgehead atoms. The lowest BCUT2D eigenvalue weighted by Crippen LogP contribution is -2.51. The van der Waals surface area contributed by atoms with Crippen LogP contribution in [0.15, 0.2) is 0 Å². The molecule has 3 heterocycles. The third-order valence-electron chi connectivity index (χ3n) is 5.98. The van der Waals surface area contributed by atoms with Gasteiger partial charge in [-0.05, 0) is 13.5 Å². The van der Waals surface area contributed by atoms with Crippen LogP contribution >= 0.6 is 0 Å². The summed E-state index contributed by atoms with van der Waals surface area (Å²) in [4.78, 5) is 32.5. The lowest BCUT2D eigenvalue weighted by atomic mass is 9.91. The lowest BCUT2D eigenvalue weighted by Gasteiger charge is -2.38. The fourth-order valence-corrected chi connectivity index (χ4v) is 4.12. The maximum Gasteiger partial charge on any atom is 0.410 e. The number of aliphatic hydroxyl groups is 1. The van der Waals surface area contributed by atoms with Crippen LogP contribution in [0, 0.1) is 0 Å². The van der Waals surface area contributed by atoms with E-state index in [1.165, 1.54) is 6.92 Å². The minimum Gasteiger partial charge on any atom is -0.441 e. The van der Waals surface area contributed by atoms with Gasteiger partial charge < -0.3 is 24.5 Å². The normalized spacial score (nSPS) is 25.6. The molecule has 3 aliphatic heterocycles. The molecule has 0 saturated carbocycles. The first-order valence-electron chi connectivity index (χ1n) is 9.82. The van der Waals surface area contributed by atoms with Crippen molar-refractivity contribution in [3.8, 4) is 0 Å². The van der Waals surface area contributed by atoms with Crippen LogP contribution < -0.4 is 0 Å². The molecule has 0 aromatic heterocycles. The minimum absolute atomic E-state index is 0.229. The standard InChI is InChI=1S/C18H32N4O4/c1-3-19-8-10-20(11-9-19)12-13-22-14-18(26-17(22)25)4-6-21(7-5-18)16(24)15(2)23/h15,23H,3-14H2,1-2H3/t15-/m1/s1. The van der Waals surface area contributed by atoms with Gasteiger partial charge >= 0.3 is 6.09 Å². The summed E-state index contributed by atoms with van der Waals surface area (Å²) in [6.45, 7) is 12.3. The SMILES string of the molecule is CCN1CCN(CCN2CC3(CCN(C(=O)[C@@H](C)O)CC3)OC2=O)CC1. The summed E-state index contributed by atoms with van der Waals surface area (Å²) < 4.78 is 5.73. The fraction of sp³-hybridized carbons (Fsp3) is 0.889. The number of amides is 2. The molecule has 8 nitrogen and oxygen atoms in total. The maximum atomic E-state index is 12.3. The van der Waals surface area contributed by atoms with Gasteiger partial charge in [-0.15, -0.1) is 0 Å². The molecule has 0 aromatic carbocycles. The highest BCUT2D eigenvalue weighted by Gasteiger charge is 2.47. The number of piperidine rings is 1. The predicted octanol–water partition coefficient (Wildman–Crippen LogP) is -0.182. The zero-order chi connectivity index (χ0) is 18.7. The smallest absolute Gasteiger partial charge is 0.410 e. The highest BCUT2D eigenvalue weighted by molar-refractivity contribution is 5.80. The second-order valence-corrected chi connectivity index (χ2v) is 7.75. The molecular weight excluding hydrogens is 336 g/mol. The Morgan fingerprint density at radius 3 is 2.31 bits per heavy atom. The molecule has 2 amide bonds. The van der Waals surface area contributed by atoms with Crippen molar-refractivity contribution >= 4 is 12.0 Å². The van der Waals surface area contributed by atoms with Crippen LogP contribution in [0.5, 0.6) is 0 Å². The highest BCUT2D eigenvalue weighted by Crippen LogP contribution is 2.33. The summed E-state index contributed by atoms with van der Waals surface area (Å²) in [5.41, 5.74) is -0.465.